The van der Waals surface area contributed by atoms with Crippen molar-refractivity contribution in [3.63, 3.8) is 0 Å². The Morgan fingerprint density at radius 1 is 1.12 bits per heavy atom. The summed E-state index contributed by atoms with van der Waals surface area (Å²) in [4.78, 5) is 26.1. The largest absolute Gasteiger partial charge is 0.452 e. The first-order valence-corrected chi connectivity index (χ1v) is 8.73. The SMILES string of the molecule is CC(C)C(=O)Oc1ccc(S(=O)(=O)C(=[N+]=[N-])C(=O)C(C)(C)C)cc1. The van der Waals surface area contributed by atoms with Gasteiger partial charge in [-0.1, -0.05) is 34.6 Å². The van der Waals surface area contributed by atoms with Crippen LogP contribution in [0, 0.1) is 11.3 Å². The van der Waals surface area contributed by atoms with Crippen LogP contribution in [0.2, 0.25) is 0 Å². The summed E-state index contributed by atoms with van der Waals surface area (Å²) >= 11 is 0. The van der Waals surface area contributed by atoms with Gasteiger partial charge in [-0.25, -0.2) is 8.42 Å². The van der Waals surface area contributed by atoms with Crippen molar-refractivity contribution in [2.24, 2.45) is 11.3 Å². The fourth-order valence-corrected chi connectivity index (χ4v) is 2.95. The lowest BCUT2D eigenvalue weighted by atomic mass is 9.91. The van der Waals surface area contributed by atoms with Crippen LogP contribution in [-0.4, -0.2) is 30.0 Å². The Bertz CT molecular complexity index is 796. The average Bonchev–Trinajstić information content (AvgIpc) is 2.47. The smallest absolute Gasteiger partial charge is 0.426 e. The predicted molar refractivity (Wildman–Crippen MR) is 87.2 cm³/mol. The molecule has 24 heavy (non-hydrogen) atoms. The summed E-state index contributed by atoms with van der Waals surface area (Å²) in [6.45, 7) is 7.89. The van der Waals surface area contributed by atoms with E-state index in [-0.39, 0.29) is 16.6 Å². The first-order valence-electron chi connectivity index (χ1n) is 7.25. The number of sulfone groups is 1. The van der Waals surface area contributed by atoms with E-state index < -0.39 is 32.0 Å². The van der Waals surface area contributed by atoms with Gasteiger partial charge in [0.1, 0.15) is 5.75 Å². The van der Waals surface area contributed by atoms with Gasteiger partial charge < -0.3 is 10.3 Å². The first kappa shape index (κ1) is 19.7. The zero-order valence-electron chi connectivity index (χ0n) is 14.2. The highest BCUT2D eigenvalue weighted by atomic mass is 32.2. The fraction of sp³-hybridized carbons (Fsp3) is 0.438. The quantitative estimate of drug-likeness (QED) is 0.206. The summed E-state index contributed by atoms with van der Waals surface area (Å²) in [6, 6.07) is 4.95. The summed E-state index contributed by atoms with van der Waals surface area (Å²) in [5.41, 5.74) is 7.98. The summed E-state index contributed by atoms with van der Waals surface area (Å²) in [5.74, 6) is -1.41. The Hall–Kier alpha value is -2.31. The van der Waals surface area contributed by atoms with Gasteiger partial charge >= 0.3 is 11.0 Å². The monoisotopic (exact) mass is 352 g/mol. The van der Waals surface area contributed by atoms with Gasteiger partial charge in [0, 0.05) is 5.41 Å². The Kier molecular flexibility index (Phi) is 5.81. The molecule has 1 aromatic rings. The average molecular weight is 352 g/mol. The lowest BCUT2D eigenvalue weighted by molar-refractivity contribution is -0.137. The number of ether oxygens (including phenoxy) is 1. The maximum atomic E-state index is 12.5. The number of ketones is 1. The van der Waals surface area contributed by atoms with Gasteiger partial charge in [0.15, 0.2) is 0 Å². The number of esters is 1. The van der Waals surface area contributed by atoms with E-state index in [1.165, 1.54) is 45.0 Å². The van der Waals surface area contributed by atoms with Crippen LogP contribution in [0.1, 0.15) is 34.6 Å². The Labute approximate surface area is 141 Å². The van der Waals surface area contributed by atoms with Gasteiger partial charge in [-0.3, -0.25) is 9.59 Å². The molecule has 130 valence electrons. The van der Waals surface area contributed by atoms with Crippen molar-refractivity contribution in [3.05, 3.63) is 29.8 Å². The standard InChI is InChI=1S/C16H20N2O5S/c1-10(2)15(20)23-11-6-8-12(9-7-11)24(21,22)14(18-17)13(19)16(3,4)5/h6-10H,1-5H3. The molecule has 0 spiro atoms. The highest BCUT2D eigenvalue weighted by molar-refractivity contribution is 8.08. The van der Waals surface area contributed by atoms with Crippen molar-refractivity contribution in [3.8, 4) is 5.75 Å². The molecule has 0 aliphatic rings. The van der Waals surface area contributed by atoms with Gasteiger partial charge in [-0.05, 0) is 24.3 Å². The van der Waals surface area contributed by atoms with Crippen molar-refractivity contribution in [2.75, 3.05) is 0 Å². The second kappa shape index (κ2) is 7.07. The van der Waals surface area contributed by atoms with Crippen LogP contribution in [0.4, 0.5) is 0 Å². The molecule has 0 radical (unpaired) electrons. The maximum Gasteiger partial charge on any atom is 0.452 e. The Balaban J connectivity index is 3.18. The molecular weight excluding hydrogens is 332 g/mol. The maximum absolute atomic E-state index is 12.5. The molecule has 0 aliphatic carbocycles. The summed E-state index contributed by atoms with van der Waals surface area (Å²) in [7, 11) is -4.29. The molecule has 1 rings (SSSR count). The number of benzene rings is 1. The van der Waals surface area contributed by atoms with E-state index in [1.54, 1.807) is 13.8 Å². The molecule has 0 aromatic heterocycles. The van der Waals surface area contributed by atoms with Crippen molar-refractivity contribution < 1.29 is 27.5 Å². The van der Waals surface area contributed by atoms with Crippen LogP contribution in [0.5, 0.6) is 5.75 Å². The van der Waals surface area contributed by atoms with E-state index in [1.807, 2.05) is 0 Å². The molecule has 0 atom stereocenters. The Morgan fingerprint density at radius 2 is 1.62 bits per heavy atom. The fourth-order valence-electron chi connectivity index (χ4n) is 1.57. The topological polar surface area (TPSA) is 114 Å². The van der Waals surface area contributed by atoms with Crippen LogP contribution < -0.4 is 4.74 Å². The van der Waals surface area contributed by atoms with E-state index in [2.05, 4.69) is 4.79 Å². The lowest BCUT2D eigenvalue weighted by Crippen LogP contribution is -2.34. The van der Waals surface area contributed by atoms with Gasteiger partial charge in [-0.15, -0.1) is 4.79 Å². The predicted octanol–water partition coefficient (Wildman–Crippen LogP) is 2.27. The van der Waals surface area contributed by atoms with Gasteiger partial charge in [-0.2, -0.15) is 0 Å². The van der Waals surface area contributed by atoms with Crippen LogP contribution in [0.3, 0.4) is 0 Å². The Morgan fingerprint density at radius 3 is 2.00 bits per heavy atom. The third-order valence-corrected chi connectivity index (χ3v) is 4.71. The van der Waals surface area contributed by atoms with Gasteiger partial charge in [0.05, 0.1) is 10.8 Å². The molecule has 0 bridgehead atoms. The molecule has 0 heterocycles. The molecule has 0 saturated carbocycles. The third kappa shape index (κ3) is 4.37. The number of carbonyl (C=O) groups is 2. The zero-order chi connectivity index (χ0) is 18.7. The van der Waals surface area contributed by atoms with E-state index in [0.29, 0.717) is 0 Å². The molecule has 0 aliphatic heterocycles. The van der Waals surface area contributed by atoms with Crippen LogP contribution in [0.15, 0.2) is 29.2 Å². The summed E-state index contributed by atoms with van der Waals surface area (Å²) < 4.78 is 30.0. The molecule has 0 unspecified atom stereocenters. The molecule has 0 N–H and O–H groups in total. The molecule has 0 saturated heterocycles. The second-order valence-corrected chi connectivity index (χ2v) is 8.40. The second-order valence-electron chi connectivity index (χ2n) is 6.53. The number of hydrogen-bond acceptors (Lipinski definition) is 5. The van der Waals surface area contributed by atoms with Crippen LogP contribution in [-0.2, 0) is 19.4 Å². The minimum Gasteiger partial charge on any atom is -0.426 e. The van der Waals surface area contributed by atoms with Crippen molar-refractivity contribution >= 4 is 26.6 Å². The summed E-state index contributed by atoms with van der Waals surface area (Å²) in [5, 5.41) is -0.929. The molecule has 0 fully saturated rings. The first-order chi connectivity index (χ1) is 10.9. The van der Waals surface area contributed by atoms with Crippen molar-refractivity contribution in [2.45, 2.75) is 39.5 Å². The number of carbonyl (C=O) groups excluding carboxylic acids is 2. The van der Waals surface area contributed by atoms with E-state index in [4.69, 9.17) is 10.3 Å². The minimum atomic E-state index is -4.29. The van der Waals surface area contributed by atoms with Gasteiger partial charge in [0.2, 0.25) is 0 Å². The van der Waals surface area contributed by atoms with Crippen molar-refractivity contribution in [1.29, 1.82) is 0 Å². The number of rotatable bonds is 4. The highest BCUT2D eigenvalue weighted by Crippen LogP contribution is 2.22. The highest BCUT2D eigenvalue weighted by Gasteiger charge is 2.43. The summed E-state index contributed by atoms with van der Waals surface area (Å²) in [6.07, 6.45) is 0. The third-order valence-electron chi connectivity index (χ3n) is 3.04. The minimum absolute atomic E-state index is 0.178. The van der Waals surface area contributed by atoms with Gasteiger partial charge in [0.25, 0.3) is 15.6 Å². The molecule has 0 amide bonds. The molecule has 1 aromatic carbocycles. The van der Waals surface area contributed by atoms with E-state index >= 15 is 0 Å². The molecular formula is C16H20N2O5S. The zero-order valence-corrected chi connectivity index (χ0v) is 15.0. The van der Waals surface area contributed by atoms with E-state index in [9.17, 15) is 18.0 Å². The van der Waals surface area contributed by atoms with E-state index in [0.717, 1.165) is 0 Å². The number of Topliss-reactive ketones (excluding diaryl/α,β-unsaturated/α-hetero) is 1. The lowest BCUT2D eigenvalue weighted by Gasteiger charge is -2.13. The normalized spacial score (nSPS) is 11.8. The number of hydrogen-bond donors (Lipinski definition) is 0. The van der Waals surface area contributed by atoms with Crippen molar-refractivity contribution in [1.82, 2.24) is 0 Å². The van der Waals surface area contributed by atoms with Crippen LogP contribution in [0.25, 0.3) is 5.53 Å². The number of nitrogens with zero attached hydrogens (tertiary/aromatic N) is 2. The molecule has 7 nitrogen and oxygen atoms in total. The molecule has 8 heteroatoms. The van der Waals surface area contributed by atoms with Crippen LogP contribution >= 0.6 is 0 Å².